The Kier molecular flexibility index (Phi) is 7.05. The van der Waals surface area contributed by atoms with Gasteiger partial charge in [0.1, 0.15) is 11.6 Å². The summed E-state index contributed by atoms with van der Waals surface area (Å²) in [7, 11) is 1.30. The Morgan fingerprint density at radius 1 is 1.07 bits per heavy atom. The summed E-state index contributed by atoms with van der Waals surface area (Å²) in [6, 6.07) is 10.2. The largest absolute Gasteiger partial charge is 0.483 e. The highest BCUT2D eigenvalue weighted by Crippen LogP contribution is 2.21. The maximum absolute atomic E-state index is 13.3. The van der Waals surface area contributed by atoms with Crippen LogP contribution in [-0.4, -0.2) is 31.4 Å². The van der Waals surface area contributed by atoms with Gasteiger partial charge in [0.15, 0.2) is 12.4 Å². The Bertz CT molecular complexity index is 833. The molecule has 7 heteroatoms. The summed E-state index contributed by atoms with van der Waals surface area (Å²) in [5.41, 5.74) is 1.32. The molecule has 0 aliphatic heterocycles. The first-order chi connectivity index (χ1) is 12.9. The van der Waals surface area contributed by atoms with Gasteiger partial charge in [-0.05, 0) is 35.9 Å². The first-order valence-corrected chi connectivity index (χ1v) is 8.34. The second kappa shape index (κ2) is 9.47. The topological polar surface area (TPSA) is 81.7 Å². The predicted molar refractivity (Wildman–Crippen MR) is 96.1 cm³/mol. The van der Waals surface area contributed by atoms with Crippen molar-refractivity contribution in [3.05, 3.63) is 65.0 Å². The van der Waals surface area contributed by atoms with Gasteiger partial charge in [-0.2, -0.15) is 0 Å². The molecule has 1 N–H and O–H groups in total. The fraction of sp³-hybridized carbons (Fsp3) is 0.250. The number of halogens is 1. The average molecular weight is 373 g/mol. The second-order valence-electron chi connectivity index (χ2n) is 5.67. The zero-order valence-corrected chi connectivity index (χ0v) is 15.1. The Morgan fingerprint density at radius 3 is 2.41 bits per heavy atom. The van der Waals surface area contributed by atoms with Crippen LogP contribution < -0.4 is 10.1 Å². The van der Waals surface area contributed by atoms with Crippen LogP contribution in [0.3, 0.4) is 0 Å². The zero-order chi connectivity index (χ0) is 19.8. The molecular formula is C20H20FNO5. The van der Waals surface area contributed by atoms with Crippen molar-refractivity contribution in [2.75, 3.05) is 13.7 Å². The molecule has 0 bridgehead atoms. The van der Waals surface area contributed by atoms with E-state index in [1.54, 1.807) is 31.2 Å². The minimum atomic E-state index is -0.543. The van der Waals surface area contributed by atoms with Gasteiger partial charge in [-0.15, -0.1) is 0 Å². The average Bonchev–Trinajstić information content (AvgIpc) is 2.70. The Morgan fingerprint density at radius 2 is 1.78 bits per heavy atom. The molecular weight excluding hydrogens is 353 g/mol. The van der Waals surface area contributed by atoms with Crippen LogP contribution in [0.1, 0.15) is 39.6 Å². The van der Waals surface area contributed by atoms with Crippen LogP contribution in [0.15, 0.2) is 42.5 Å². The van der Waals surface area contributed by atoms with Crippen LogP contribution in [0.2, 0.25) is 0 Å². The molecule has 6 nitrogen and oxygen atoms in total. The van der Waals surface area contributed by atoms with Gasteiger partial charge in [-0.25, -0.2) is 9.18 Å². The fourth-order valence-electron chi connectivity index (χ4n) is 2.31. The molecule has 2 rings (SSSR count). The molecule has 0 radical (unpaired) electrons. The number of methoxy groups -OCH3 is 1. The van der Waals surface area contributed by atoms with E-state index >= 15 is 0 Å². The van der Waals surface area contributed by atoms with Crippen molar-refractivity contribution in [3.8, 4) is 5.75 Å². The van der Waals surface area contributed by atoms with E-state index < -0.39 is 17.7 Å². The highest BCUT2D eigenvalue weighted by atomic mass is 19.1. The molecule has 0 fully saturated rings. The fourth-order valence-corrected chi connectivity index (χ4v) is 2.31. The highest BCUT2D eigenvalue weighted by molar-refractivity contribution is 5.98. The van der Waals surface area contributed by atoms with Crippen molar-refractivity contribution in [2.24, 2.45) is 0 Å². The lowest BCUT2D eigenvalue weighted by molar-refractivity contribution is -0.123. The Balaban J connectivity index is 1.90. The van der Waals surface area contributed by atoms with Crippen LogP contribution in [0.4, 0.5) is 4.39 Å². The number of amides is 1. The number of ether oxygens (including phenoxy) is 2. The molecule has 0 saturated heterocycles. The van der Waals surface area contributed by atoms with Gasteiger partial charge >= 0.3 is 5.97 Å². The van der Waals surface area contributed by atoms with Crippen molar-refractivity contribution in [1.29, 1.82) is 0 Å². The monoisotopic (exact) mass is 373 g/mol. The third-order valence-corrected chi connectivity index (χ3v) is 3.79. The van der Waals surface area contributed by atoms with E-state index in [9.17, 15) is 18.8 Å². The van der Waals surface area contributed by atoms with Gasteiger partial charge in [-0.1, -0.05) is 19.1 Å². The van der Waals surface area contributed by atoms with Crippen LogP contribution >= 0.6 is 0 Å². The van der Waals surface area contributed by atoms with Gasteiger partial charge in [-0.3, -0.25) is 9.59 Å². The molecule has 2 aromatic rings. The van der Waals surface area contributed by atoms with Gasteiger partial charge in [0.05, 0.1) is 18.2 Å². The van der Waals surface area contributed by atoms with Crippen LogP contribution in [0.5, 0.6) is 5.75 Å². The van der Waals surface area contributed by atoms with Gasteiger partial charge in [0.2, 0.25) is 0 Å². The molecule has 0 heterocycles. The number of benzene rings is 2. The van der Waals surface area contributed by atoms with Crippen LogP contribution in [0, 0.1) is 5.82 Å². The van der Waals surface area contributed by atoms with E-state index in [1.807, 2.05) is 0 Å². The van der Waals surface area contributed by atoms with Crippen molar-refractivity contribution in [1.82, 2.24) is 5.32 Å². The number of carbonyl (C=O) groups is 3. The molecule has 0 aliphatic carbocycles. The molecule has 0 unspecified atom stereocenters. The summed E-state index contributed by atoms with van der Waals surface area (Å²) in [6.07, 6.45) is 0.202. The molecule has 27 heavy (non-hydrogen) atoms. The SMILES string of the molecule is CCC(=O)c1cc(F)ccc1OCC(=O)NCc1ccc(C(=O)OC)cc1. The van der Waals surface area contributed by atoms with Gasteiger partial charge < -0.3 is 14.8 Å². The van der Waals surface area contributed by atoms with Crippen molar-refractivity contribution >= 4 is 17.7 Å². The van der Waals surface area contributed by atoms with E-state index in [-0.39, 0.29) is 36.7 Å². The van der Waals surface area contributed by atoms with Gasteiger partial charge in [0.25, 0.3) is 5.91 Å². The number of ketones is 1. The normalized spacial score (nSPS) is 10.2. The lowest BCUT2D eigenvalue weighted by atomic mass is 10.1. The predicted octanol–water partition coefficient (Wildman–Crippen LogP) is 2.90. The van der Waals surface area contributed by atoms with Crippen molar-refractivity contribution < 1.29 is 28.2 Å². The lowest BCUT2D eigenvalue weighted by Gasteiger charge is -2.11. The van der Waals surface area contributed by atoms with E-state index in [0.29, 0.717) is 5.56 Å². The minimum absolute atomic E-state index is 0.115. The van der Waals surface area contributed by atoms with E-state index in [0.717, 1.165) is 11.6 Å². The molecule has 142 valence electrons. The van der Waals surface area contributed by atoms with Crippen molar-refractivity contribution in [2.45, 2.75) is 19.9 Å². The second-order valence-corrected chi connectivity index (χ2v) is 5.67. The number of esters is 1. The maximum atomic E-state index is 13.3. The van der Waals surface area contributed by atoms with E-state index in [4.69, 9.17) is 4.74 Å². The summed E-state index contributed by atoms with van der Waals surface area (Å²) in [6.45, 7) is 1.60. The molecule has 0 aliphatic rings. The number of Topliss-reactive ketones (excluding diaryl/α,β-unsaturated/α-hetero) is 1. The third kappa shape index (κ3) is 5.64. The number of hydrogen-bond acceptors (Lipinski definition) is 5. The lowest BCUT2D eigenvalue weighted by Crippen LogP contribution is -2.28. The van der Waals surface area contributed by atoms with Crippen molar-refractivity contribution in [3.63, 3.8) is 0 Å². The minimum Gasteiger partial charge on any atom is -0.483 e. The summed E-state index contributed by atoms with van der Waals surface area (Å²) in [5, 5.41) is 2.67. The number of nitrogens with one attached hydrogen (secondary N) is 1. The highest BCUT2D eigenvalue weighted by Gasteiger charge is 2.13. The molecule has 0 saturated carbocycles. The zero-order valence-electron chi connectivity index (χ0n) is 15.1. The Labute approximate surface area is 156 Å². The first-order valence-electron chi connectivity index (χ1n) is 8.34. The maximum Gasteiger partial charge on any atom is 0.337 e. The standard InChI is InChI=1S/C20H20FNO5/c1-3-17(23)16-10-15(21)8-9-18(16)27-12-19(24)22-11-13-4-6-14(7-5-13)20(25)26-2/h4-10H,3,11-12H2,1-2H3,(H,22,24). The summed E-state index contributed by atoms with van der Waals surface area (Å²) < 4.78 is 23.3. The third-order valence-electron chi connectivity index (χ3n) is 3.79. The number of hydrogen-bond donors (Lipinski definition) is 1. The summed E-state index contributed by atoms with van der Waals surface area (Å²) in [5.74, 6) is -1.47. The molecule has 1 amide bonds. The van der Waals surface area contributed by atoms with Crippen LogP contribution in [0.25, 0.3) is 0 Å². The van der Waals surface area contributed by atoms with Gasteiger partial charge in [0, 0.05) is 13.0 Å². The summed E-state index contributed by atoms with van der Waals surface area (Å²) in [4.78, 5) is 35.2. The van der Waals surface area contributed by atoms with Crippen LogP contribution in [-0.2, 0) is 16.1 Å². The molecule has 0 atom stereocenters. The Hall–Kier alpha value is -3.22. The molecule has 2 aromatic carbocycles. The molecule has 0 aromatic heterocycles. The van der Waals surface area contributed by atoms with E-state index in [1.165, 1.54) is 19.2 Å². The van der Waals surface area contributed by atoms with E-state index in [2.05, 4.69) is 10.1 Å². The number of rotatable bonds is 8. The summed E-state index contributed by atoms with van der Waals surface area (Å²) >= 11 is 0. The quantitative estimate of drug-likeness (QED) is 0.568. The number of carbonyl (C=O) groups excluding carboxylic acids is 3. The smallest absolute Gasteiger partial charge is 0.337 e. The first kappa shape index (κ1) is 20.1. The molecule has 0 spiro atoms.